The molecule has 2 saturated carbocycles. The number of amides is 2. The summed E-state index contributed by atoms with van der Waals surface area (Å²) in [5, 5.41) is 0. The van der Waals surface area contributed by atoms with E-state index in [2.05, 4.69) is 12.2 Å². The fourth-order valence-corrected chi connectivity index (χ4v) is 5.20. The first-order valence-corrected chi connectivity index (χ1v) is 8.95. The lowest BCUT2D eigenvalue weighted by atomic mass is 9.63. The Morgan fingerprint density at radius 3 is 2.36 bits per heavy atom. The van der Waals surface area contributed by atoms with Crippen LogP contribution in [0.1, 0.15) is 23.7 Å². The van der Waals surface area contributed by atoms with E-state index in [1.807, 2.05) is 0 Å². The van der Waals surface area contributed by atoms with Gasteiger partial charge in [0.1, 0.15) is 0 Å². The fourth-order valence-electron chi connectivity index (χ4n) is 5.20. The number of carbonyl (C=O) groups is 3. The van der Waals surface area contributed by atoms with Gasteiger partial charge in [0.05, 0.1) is 29.7 Å². The van der Waals surface area contributed by atoms with Crippen LogP contribution in [0, 0.1) is 35.5 Å². The van der Waals surface area contributed by atoms with Gasteiger partial charge in [-0.25, -0.2) is 9.69 Å². The highest BCUT2D eigenvalue weighted by Crippen LogP contribution is 2.65. The second-order valence-electron chi connectivity index (χ2n) is 7.44. The second kappa shape index (κ2) is 5.04. The van der Waals surface area contributed by atoms with E-state index in [4.69, 9.17) is 4.74 Å². The van der Waals surface area contributed by atoms with Crippen LogP contribution in [-0.4, -0.2) is 24.4 Å². The number of hydrogen-bond acceptors (Lipinski definition) is 4. The highest BCUT2D eigenvalue weighted by atomic mass is 16.5. The van der Waals surface area contributed by atoms with Gasteiger partial charge in [-0.3, -0.25) is 9.59 Å². The summed E-state index contributed by atoms with van der Waals surface area (Å²) in [5.74, 6) is 0.460. The van der Waals surface area contributed by atoms with Gasteiger partial charge in [0.15, 0.2) is 0 Å². The molecule has 2 amide bonds. The van der Waals surface area contributed by atoms with Gasteiger partial charge >= 0.3 is 5.97 Å². The Labute approximate surface area is 145 Å². The second-order valence-corrected chi connectivity index (χ2v) is 7.44. The third kappa shape index (κ3) is 1.92. The van der Waals surface area contributed by atoms with E-state index in [9.17, 15) is 14.4 Å². The van der Waals surface area contributed by atoms with Crippen molar-refractivity contribution in [1.29, 1.82) is 0 Å². The number of carbonyl (C=O) groups excluding carboxylic acids is 3. The summed E-state index contributed by atoms with van der Waals surface area (Å²) in [6, 6.07) is 6.63. The highest BCUT2D eigenvalue weighted by Gasteiger charge is 2.67. The Balaban J connectivity index is 1.50. The predicted molar refractivity (Wildman–Crippen MR) is 89.6 cm³/mol. The van der Waals surface area contributed by atoms with Crippen molar-refractivity contribution in [2.24, 2.45) is 35.5 Å². The maximum atomic E-state index is 13.1. The molecule has 5 nitrogen and oxygen atoms in total. The maximum absolute atomic E-state index is 13.1. The summed E-state index contributed by atoms with van der Waals surface area (Å²) in [6.07, 6.45) is 5.46. The van der Waals surface area contributed by atoms with Crippen LogP contribution in [-0.2, 0) is 14.3 Å². The summed E-state index contributed by atoms with van der Waals surface area (Å²) < 4.78 is 5.02. The number of imide groups is 1. The minimum atomic E-state index is -0.441. The normalized spacial score (nSPS) is 37.1. The number of anilines is 1. The number of nitrogens with zero attached hydrogens (tertiary/aromatic N) is 1. The average Bonchev–Trinajstić information content (AvgIpc) is 3.39. The molecule has 6 rings (SSSR count). The van der Waals surface area contributed by atoms with E-state index < -0.39 is 5.97 Å². The Morgan fingerprint density at radius 1 is 1.12 bits per heavy atom. The third-order valence-corrected chi connectivity index (χ3v) is 6.28. The molecule has 5 aliphatic rings. The van der Waals surface area contributed by atoms with Gasteiger partial charge in [-0.05, 0) is 55.2 Å². The fraction of sp³-hybridized carbons (Fsp3) is 0.450. The summed E-state index contributed by atoms with van der Waals surface area (Å²) in [5.41, 5.74) is 0.835. The molecule has 6 atom stereocenters. The smallest absolute Gasteiger partial charge is 0.338 e. The molecule has 128 valence electrons. The molecule has 0 N–H and O–H groups in total. The van der Waals surface area contributed by atoms with Crippen LogP contribution in [0.15, 0.2) is 36.4 Å². The molecule has 5 heteroatoms. The van der Waals surface area contributed by atoms with Crippen LogP contribution >= 0.6 is 0 Å². The number of rotatable bonds is 3. The summed E-state index contributed by atoms with van der Waals surface area (Å²) in [4.78, 5) is 39.4. The molecule has 1 saturated heterocycles. The molecule has 1 aromatic rings. The Bertz CT molecular complexity index is 793. The van der Waals surface area contributed by atoms with E-state index in [1.54, 1.807) is 31.2 Å². The van der Waals surface area contributed by atoms with Gasteiger partial charge in [0, 0.05) is 0 Å². The van der Waals surface area contributed by atoms with Gasteiger partial charge in [-0.1, -0.05) is 18.2 Å². The molecule has 1 aromatic carbocycles. The first-order chi connectivity index (χ1) is 12.1. The minimum absolute atomic E-state index is 0.110. The molecule has 4 aliphatic carbocycles. The SMILES string of the molecule is CCOC(=O)c1cccc(N2C(=O)[C@@H]3[C@@H]4C=C[C@H]([C@@H]5C[C@@H]45)[C@@H]3C2=O)c1. The van der Waals surface area contributed by atoms with E-state index in [0.717, 1.165) is 6.42 Å². The van der Waals surface area contributed by atoms with Crippen LogP contribution in [0.25, 0.3) is 0 Å². The van der Waals surface area contributed by atoms with Gasteiger partial charge in [0.2, 0.25) is 11.8 Å². The lowest BCUT2D eigenvalue weighted by molar-refractivity contribution is -0.124. The molecule has 0 aromatic heterocycles. The largest absolute Gasteiger partial charge is 0.462 e. The van der Waals surface area contributed by atoms with Crippen LogP contribution in [0.5, 0.6) is 0 Å². The van der Waals surface area contributed by atoms with Crippen molar-refractivity contribution in [2.75, 3.05) is 11.5 Å². The highest BCUT2D eigenvalue weighted by molar-refractivity contribution is 6.22. The molecule has 1 heterocycles. The quantitative estimate of drug-likeness (QED) is 0.483. The molecule has 0 unspecified atom stereocenters. The summed E-state index contributed by atoms with van der Waals surface area (Å²) in [7, 11) is 0. The van der Waals surface area contributed by atoms with Crippen molar-refractivity contribution >= 4 is 23.5 Å². The van der Waals surface area contributed by atoms with Gasteiger partial charge in [0.25, 0.3) is 0 Å². The lowest BCUT2D eigenvalue weighted by Gasteiger charge is -2.37. The molecule has 1 aliphatic heterocycles. The van der Waals surface area contributed by atoms with E-state index in [1.165, 1.54) is 4.90 Å². The number of benzene rings is 1. The van der Waals surface area contributed by atoms with E-state index in [-0.39, 0.29) is 42.1 Å². The van der Waals surface area contributed by atoms with E-state index >= 15 is 0 Å². The van der Waals surface area contributed by atoms with Crippen LogP contribution < -0.4 is 4.90 Å². The van der Waals surface area contributed by atoms with Crippen molar-refractivity contribution in [3.8, 4) is 0 Å². The molecular weight excluding hydrogens is 318 g/mol. The van der Waals surface area contributed by atoms with Crippen molar-refractivity contribution in [3.63, 3.8) is 0 Å². The monoisotopic (exact) mass is 337 g/mol. The van der Waals surface area contributed by atoms with Gasteiger partial charge in [-0.2, -0.15) is 0 Å². The average molecular weight is 337 g/mol. The molecule has 2 bridgehead atoms. The summed E-state index contributed by atoms with van der Waals surface area (Å²) >= 11 is 0. The number of esters is 1. The first kappa shape index (κ1) is 14.9. The van der Waals surface area contributed by atoms with Crippen molar-refractivity contribution in [1.82, 2.24) is 0 Å². The van der Waals surface area contributed by atoms with Crippen molar-refractivity contribution < 1.29 is 19.1 Å². The van der Waals surface area contributed by atoms with Crippen LogP contribution in [0.3, 0.4) is 0 Å². The Kier molecular flexibility index (Phi) is 3.00. The molecule has 0 radical (unpaired) electrons. The number of hydrogen-bond donors (Lipinski definition) is 0. The molecule has 3 fully saturated rings. The topological polar surface area (TPSA) is 63.7 Å². The minimum Gasteiger partial charge on any atom is -0.462 e. The number of allylic oxidation sites excluding steroid dienone is 2. The zero-order chi connectivity index (χ0) is 17.3. The zero-order valence-electron chi connectivity index (χ0n) is 13.9. The molecule has 25 heavy (non-hydrogen) atoms. The van der Waals surface area contributed by atoms with Crippen molar-refractivity contribution in [3.05, 3.63) is 42.0 Å². The van der Waals surface area contributed by atoms with Gasteiger partial charge < -0.3 is 4.74 Å². The lowest BCUT2D eigenvalue weighted by Crippen LogP contribution is -2.40. The van der Waals surface area contributed by atoms with E-state index in [0.29, 0.717) is 23.1 Å². The Morgan fingerprint density at radius 2 is 1.76 bits per heavy atom. The maximum Gasteiger partial charge on any atom is 0.338 e. The zero-order valence-corrected chi connectivity index (χ0v) is 13.9. The first-order valence-electron chi connectivity index (χ1n) is 8.95. The third-order valence-electron chi connectivity index (χ3n) is 6.28. The summed E-state index contributed by atoms with van der Waals surface area (Å²) in [6.45, 7) is 2.03. The standard InChI is InChI=1S/C20H19NO4/c1-2-25-20(24)10-4-3-5-11(8-10)21-18(22)16-12-6-7-13(15-9-14(12)15)17(16)19(21)23/h3-8,12-17H,2,9H2,1H3/t12-,13-,14+,15+,16-,17+/m1/s1. The van der Waals surface area contributed by atoms with Crippen molar-refractivity contribution in [2.45, 2.75) is 13.3 Å². The molecule has 0 spiro atoms. The number of ether oxygens (including phenoxy) is 1. The van der Waals surface area contributed by atoms with Crippen LogP contribution in [0.2, 0.25) is 0 Å². The predicted octanol–water partition coefficient (Wildman–Crippen LogP) is 2.42. The molecular formula is C20H19NO4. The van der Waals surface area contributed by atoms with Gasteiger partial charge in [-0.15, -0.1) is 0 Å². The Hall–Kier alpha value is -2.43. The van der Waals surface area contributed by atoms with Crippen LogP contribution in [0.4, 0.5) is 5.69 Å².